The highest BCUT2D eigenvalue weighted by Crippen LogP contribution is 2.21. The molecular weight excluding hydrogens is 274 g/mol. The molecule has 0 aliphatic carbocycles. The Balaban J connectivity index is 1.73. The fourth-order valence-corrected chi connectivity index (χ4v) is 2.29. The first-order valence-corrected chi connectivity index (χ1v) is 8.19. The number of benzene rings is 1. The van der Waals surface area contributed by atoms with Crippen molar-refractivity contribution in [3.63, 3.8) is 0 Å². The van der Waals surface area contributed by atoms with Crippen LogP contribution in [0.4, 0.5) is 0 Å². The SMILES string of the molecule is CCCCOCCCNCc1cn[nH]c1-c1ccc(C)cc1. The number of unbranched alkanes of at least 4 members (excludes halogenated alkanes) is 1. The minimum Gasteiger partial charge on any atom is -0.381 e. The molecule has 4 nitrogen and oxygen atoms in total. The minimum absolute atomic E-state index is 0.828. The molecule has 0 bridgehead atoms. The summed E-state index contributed by atoms with van der Waals surface area (Å²) >= 11 is 0. The highest BCUT2D eigenvalue weighted by Gasteiger charge is 2.06. The molecule has 0 amide bonds. The highest BCUT2D eigenvalue weighted by molar-refractivity contribution is 5.62. The Kier molecular flexibility index (Phi) is 7.13. The monoisotopic (exact) mass is 301 g/mol. The number of H-pyrrole nitrogens is 1. The van der Waals surface area contributed by atoms with Crippen molar-refractivity contribution in [3.8, 4) is 11.3 Å². The van der Waals surface area contributed by atoms with Crippen LogP contribution in [0, 0.1) is 6.92 Å². The number of hydrogen-bond donors (Lipinski definition) is 2. The minimum atomic E-state index is 0.828. The van der Waals surface area contributed by atoms with Gasteiger partial charge in [-0.05, 0) is 31.9 Å². The van der Waals surface area contributed by atoms with Gasteiger partial charge in [0.2, 0.25) is 0 Å². The zero-order valence-electron chi connectivity index (χ0n) is 13.7. The van der Waals surface area contributed by atoms with E-state index >= 15 is 0 Å². The molecule has 0 aliphatic heterocycles. The Morgan fingerprint density at radius 3 is 2.68 bits per heavy atom. The van der Waals surface area contributed by atoms with E-state index in [0.29, 0.717) is 0 Å². The largest absolute Gasteiger partial charge is 0.381 e. The number of aryl methyl sites for hydroxylation is 1. The average molecular weight is 301 g/mol. The lowest BCUT2D eigenvalue weighted by Crippen LogP contribution is -2.16. The zero-order valence-corrected chi connectivity index (χ0v) is 13.7. The molecule has 120 valence electrons. The van der Waals surface area contributed by atoms with Crippen molar-refractivity contribution >= 4 is 0 Å². The van der Waals surface area contributed by atoms with Crippen LogP contribution in [0.5, 0.6) is 0 Å². The summed E-state index contributed by atoms with van der Waals surface area (Å²) in [5.41, 5.74) is 4.76. The van der Waals surface area contributed by atoms with Crippen LogP contribution in [0.15, 0.2) is 30.5 Å². The van der Waals surface area contributed by atoms with Crippen LogP contribution >= 0.6 is 0 Å². The Bertz CT molecular complexity index is 534. The third-order valence-corrected chi connectivity index (χ3v) is 3.66. The summed E-state index contributed by atoms with van der Waals surface area (Å²) in [5, 5.41) is 10.7. The topological polar surface area (TPSA) is 49.9 Å². The lowest BCUT2D eigenvalue weighted by molar-refractivity contribution is 0.129. The lowest BCUT2D eigenvalue weighted by Gasteiger charge is -2.07. The number of hydrogen-bond acceptors (Lipinski definition) is 3. The van der Waals surface area contributed by atoms with E-state index in [1.165, 1.54) is 23.1 Å². The van der Waals surface area contributed by atoms with Crippen LogP contribution in [0.3, 0.4) is 0 Å². The average Bonchev–Trinajstić information content (AvgIpc) is 2.99. The normalized spacial score (nSPS) is 11.0. The standard InChI is InChI=1S/C18H27N3O/c1-3-4-11-22-12-5-10-19-13-17-14-20-21-18(17)16-8-6-15(2)7-9-16/h6-9,14,19H,3-5,10-13H2,1-2H3,(H,20,21). The van der Waals surface area contributed by atoms with E-state index < -0.39 is 0 Å². The summed E-state index contributed by atoms with van der Waals surface area (Å²) < 4.78 is 5.56. The van der Waals surface area contributed by atoms with Gasteiger partial charge in [0.25, 0.3) is 0 Å². The molecule has 0 saturated carbocycles. The molecule has 0 saturated heterocycles. The van der Waals surface area contributed by atoms with Gasteiger partial charge in [-0.25, -0.2) is 0 Å². The van der Waals surface area contributed by atoms with Crippen LogP contribution in [0.2, 0.25) is 0 Å². The third kappa shape index (κ3) is 5.28. The predicted octanol–water partition coefficient (Wildman–Crippen LogP) is 3.68. The third-order valence-electron chi connectivity index (χ3n) is 3.66. The quantitative estimate of drug-likeness (QED) is 0.658. The van der Waals surface area contributed by atoms with Crippen LogP contribution in [-0.4, -0.2) is 30.0 Å². The molecule has 1 heterocycles. The maximum Gasteiger partial charge on any atom is 0.0695 e. The molecule has 0 fully saturated rings. The molecule has 1 aromatic carbocycles. The molecule has 0 spiro atoms. The number of nitrogens with one attached hydrogen (secondary N) is 2. The number of rotatable bonds is 10. The van der Waals surface area contributed by atoms with E-state index in [9.17, 15) is 0 Å². The van der Waals surface area contributed by atoms with Crippen molar-refractivity contribution in [1.82, 2.24) is 15.5 Å². The maximum atomic E-state index is 5.56. The van der Waals surface area contributed by atoms with Crippen LogP contribution in [0.1, 0.15) is 37.3 Å². The first-order valence-electron chi connectivity index (χ1n) is 8.19. The van der Waals surface area contributed by atoms with E-state index in [2.05, 4.69) is 53.6 Å². The summed E-state index contributed by atoms with van der Waals surface area (Å²) in [7, 11) is 0. The van der Waals surface area contributed by atoms with Crippen molar-refractivity contribution in [2.24, 2.45) is 0 Å². The molecule has 22 heavy (non-hydrogen) atoms. The predicted molar refractivity (Wildman–Crippen MR) is 90.8 cm³/mol. The number of aromatic nitrogens is 2. The van der Waals surface area contributed by atoms with Gasteiger partial charge >= 0.3 is 0 Å². The highest BCUT2D eigenvalue weighted by atomic mass is 16.5. The second kappa shape index (κ2) is 9.38. The zero-order chi connectivity index (χ0) is 15.6. The summed E-state index contributed by atoms with van der Waals surface area (Å²) in [6.07, 6.45) is 5.30. The molecule has 2 aromatic rings. The van der Waals surface area contributed by atoms with Crippen molar-refractivity contribution < 1.29 is 4.74 Å². The fraction of sp³-hybridized carbons (Fsp3) is 0.500. The van der Waals surface area contributed by atoms with Gasteiger partial charge < -0.3 is 10.1 Å². The molecule has 2 N–H and O–H groups in total. The van der Waals surface area contributed by atoms with Crippen LogP contribution in [0.25, 0.3) is 11.3 Å². The van der Waals surface area contributed by atoms with Gasteiger partial charge in [-0.3, -0.25) is 5.10 Å². The van der Waals surface area contributed by atoms with Gasteiger partial charge in [0.15, 0.2) is 0 Å². The first-order chi connectivity index (χ1) is 10.8. The van der Waals surface area contributed by atoms with Crippen molar-refractivity contribution in [2.75, 3.05) is 19.8 Å². The van der Waals surface area contributed by atoms with Crippen molar-refractivity contribution in [2.45, 2.75) is 39.7 Å². The van der Waals surface area contributed by atoms with E-state index in [-0.39, 0.29) is 0 Å². The Labute approximate surface area is 133 Å². The van der Waals surface area contributed by atoms with Crippen LogP contribution < -0.4 is 5.32 Å². The second-order valence-electron chi connectivity index (χ2n) is 5.63. The summed E-state index contributed by atoms with van der Waals surface area (Å²) in [6, 6.07) is 8.52. The Morgan fingerprint density at radius 2 is 1.91 bits per heavy atom. The van der Waals surface area contributed by atoms with E-state index in [1.807, 2.05) is 6.20 Å². The van der Waals surface area contributed by atoms with E-state index in [0.717, 1.165) is 44.8 Å². The Morgan fingerprint density at radius 1 is 1.14 bits per heavy atom. The summed E-state index contributed by atoms with van der Waals surface area (Å²) in [6.45, 7) is 7.79. The molecule has 2 rings (SSSR count). The Hall–Kier alpha value is -1.65. The van der Waals surface area contributed by atoms with Gasteiger partial charge in [0.1, 0.15) is 0 Å². The lowest BCUT2D eigenvalue weighted by atomic mass is 10.1. The van der Waals surface area contributed by atoms with Gasteiger partial charge in [-0.1, -0.05) is 43.2 Å². The summed E-state index contributed by atoms with van der Waals surface area (Å²) in [5.74, 6) is 0. The van der Waals surface area contributed by atoms with Gasteiger partial charge in [0.05, 0.1) is 11.9 Å². The van der Waals surface area contributed by atoms with Crippen LogP contribution in [-0.2, 0) is 11.3 Å². The van der Waals surface area contributed by atoms with E-state index in [4.69, 9.17) is 4.74 Å². The smallest absolute Gasteiger partial charge is 0.0695 e. The number of nitrogens with zero attached hydrogens (tertiary/aromatic N) is 1. The van der Waals surface area contributed by atoms with Crippen molar-refractivity contribution in [1.29, 1.82) is 0 Å². The molecule has 0 atom stereocenters. The fourth-order valence-electron chi connectivity index (χ4n) is 2.29. The van der Waals surface area contributed by atoms with Gasteiger partial charge in [0, 0.05) is 25.3 Å². The molecule has 1 aromatic heterocycles. The number of ether oxygens (including phenoxy) is 1. The molecular formula is C18H27N3O. The molecule has 4 heteroatoms. The van der Waals surface area contributed by atoms with E-state index in [1.54, 1.807) is 0 Å². The molecule has 0 radical (unpaired) electrons. The maximum absolute atomic E-state index is 5.56. The summed E-state index contributed by atoms with van der Waals surface area (Å²) in [4.78, 5) is 0. The molecule has 0 unspecified atom stereocenters. The molecule has 0 aliphatic rings. The second-order valence-corrected chi connectivity index (χ2v) is 5.63. The van der Waals surface area contributed by atoms with Gasteiger partial charge in [-0.2, -0.15) is 5.10 Å². The first kappa shape index (κ1) is 16.7. The van der Waals surface area contributed by atoms with Gasteiger partial charge in [-0.15, -0.1) is 0 Å². The number of aromatic amines is 1. The van der Waals surface area contributed by atoms with Crippen molar-refractivity contribution in [3.05, 3.63) is 41.6 Å².